The maximum atomic E-state index is 13.8. The molecule has 0 spiro atoms. The van der Waals surface area contributed by atoms with Crippen LogP contribution in [0.5, 0.6) is 0 Å². The Morgan fingerprint density at radius 1 is 1.23 bits per heavy atom. The van der Waals surface area contributed by atoms with Crippen molar-refractivity contribution in [1.29, 1.82) is 0 Å². The lowest BCUT2D eigenvalue weighted by atomic mass is 10.1. The highest BCUT2D eigenvalue weighted by Crippen LogP contribution is 2.22. The second-order valence-electron chi connectivity index (χ2n) is 10.0. The van der Waals surface area contributed by atoms with Gasteiger partial charge in [-0.2, -0.15) is 0 Å². The number of aryl methyl sites for hydroxylation is 1. The van der Waals surface area contributed by atoms with Gasteiger partial charge in [-0.15, -0.1) is 0 Å². The molecule has 0 bridgehead atoms. The molecule has 3 amide bonds. The quantitative estimate of drug-likeness (QED) is 0.398. The van der Waals surface area contributed by atoms with Crippen molar-refractivity contribution >= 4 is 17.7 Å². The summed E-state index contributed by atoms with van der Waals surface area (Å²) in [7, 11) is 3.48. The minimum absolute atomic E-state index is 0.223. The molecule has 1 fully saturated rings. The molecule has 4 unspecified atom stereocenters. The van der Waals surface area contributed by atoms with Crippen LogP contribution < -0.4 is 10.6 Å². The van der Waals surface area contributed by atoms with Crippen molar-refractivity contribution in [3.05, 3.63) is 53.9 Å². The zero-order valence-corrected chi connectivity index (χ0v) is 23.5. The number of nitrogens with one attached hydrogen (secondary N) is 2. The maximum Gasteiger partial charge on any atom is 0.274 e. The molecule has 10 nitrogen and oxygen atoms in total. The molecule has 1 aromatic carbocycles. The molecule has 2 N–H and O–H groups in total. The van der Waals surface area contributed by atoms with E-state index in [0.717, 1.165) is 18.4 Å². The Morgan fingerprint density at radius 2 is 1.95 bits per heavy atom. The average molecular weight is 545 g/mol. The number of ether oxygens (including phenoxy) is 1. The topological polar surface area (TPSA) is 109 Å². The highest BCUT2D eigenvalue weighted by Gasteiger charge is 2.38. The van der Waals surface area contributed by atoms with E-state index >= 15 is 0 Å². The van der Waals surface area contributed by atoms with E-state index in [1.54, 1.807) is 67.0 Å². The van der Waals surface area contributed by atoms with E-state index in [9.17, 15) is 18.8 Å². The van der Waals surface area contributed by atoms with Gasteiger partial charge in [-0.3, -0.25) is 14.4 Å². The zero-order valence-electron chi connectivity index (χ0n) is 23.5. The van der Waals surface area contributed by atoms with Gasteiger partial charge in [-0.05, 0) is 64.8 Å². The molecular formula is C28H41FN6O4. The van der Waals surface area contributed by atoms with E-state index in [0.29, 0.717) is 38.4 Å². The fourth-order valence-electron chi connectivity index (χ4n) is 4.77. The van der Waals surface area contributed by atoms with Crippen molar-refractivity contribution in [1.82, 2.24) is 30.0 Å². The summed E-state index contributed by atoms with van der Waals surface area (Å²) in [6, 6.07) is 4.67. The van der Waals surface area contributed by atoms with Crippen LogP contribution in [0.2, 0.25) is 0 Å². The van der Waals surface area contributed by atoms with Crippen molar-refractivity contribution < 1.29 is 23.5 Å². The van der Waals surface area contributed by atoms with Crippen LogP contribution in [-0.2, 0) is 27.8 Å². The molecule has 1 aliphatic rings. The smallest absolute Gasteiger partial charge is 0.274 e. The van der Waals surface area contributed by atoms with Gasteiger partial charge in [-0.1, -0.05) is 12.1 Å². The molecule has 1 aliphatic heterocycles. The molecule has 214 valence electrons. The van der Waals surface area contributed by atoms with Gasteiger partial charge in [0.15, 0.2) is 0 Å². The number of likely N-dealkylation sites (N-methyl/N-ethyl adjacent to an activating group) is 1. The first kappa shape index (κ1) is 30.2. The van der Waals surface area contributed by atoms with E-state index in [2.05, 4.69) is 15.6 Å². The number of halogens is 1. The molecular weight excluding hydrogens is 503 g/mol. The molecule has 0 aliphatic carbocycles. The Hall–Kier alpha value is -3.31. The van der Waals surface area contributed by atoms with E-state index in [1.165, 1.54) is 12.1 Å². The molecule has 1 aromatic heterocycles. The molecule has 2 heterocycles. The number of nitrogens with zero attached hydrogens (tertiary/aromatic N) is 4. The molecule has 39 heavy (non-hydrogen) atoms. The average Bonchev–Trinajstić information content (AvgIpc) is 3.58. The van der Waals surface area contributed by atoms with Gasteiger partial charge in [0.2, 0.25) is 11.8 Å². The number of hydrogen-bond acceptors (Lipinski definition) is 6. The molecule has 0 saturated carbocycles. The second-order valence-corrected chi connectivity index (χ2v) is 10.0. The van der Waals surface area contributed by atoms with Gasteiger partial charge in [0.25, 0.3) is 5.91 Å². The maximum absolute atomic E-state index is 13.8. The third-order valence-electron chi connectivity index (χ3n) is 7.18. The van der Waals surface area contributed by atoms with E-state index in [1.807, 2.05) is 6.92 Å². The van der Waals surface area contributed by atoms with Gasteiger partial charge in [0, 0.05) is 45.5 Å². The third kappa shape index (κ3) is 8.09. The van der Waals surface area contributed by atoms with Crippen molar-refractivity contribution in [2.75, 3.05) is 33.3 Å². The Morgan fingerprint density at radius 3 is 2.56 bits per heavy atom. The number of aromatic nitrogens is 2. The summed E-state index contributed by atoms with van der Waals surface area (Å²) in [6.07, 6.45) is 4.76. The van der Waals surface area contributed by atoms with Crippen LogP contribution in [0.15, 0.2) is 36.8 Å². The standard InChI is InChI=1S/C28H41FN6O4/c1-6-39-20(3)25(32-26(36)19(2)30-4)28(38)35-14-7-8-23(35)16-34(27(37)24-17-33(5)18-31-24)15-13-21-9-11-22(29)12-10-21/h9-12,17-20,23,25,30H,6-8,13-16H2,1-5H3,(H,32,36). The van der Waals surface area contributed by atoms with E-state index < -0.39 is 18.2 Å². The number of imidazole rings is 1. The fourth-order valence-corrected chi connectivity index (χ4v) is 4.77. The summed E-state index contributed by atoms with van der Waals surface area (Å²) >= 11 is 0. The molecule has 1 saturated heterocycles. The van der Waals surface area contributed by atoms with Crippen molar-refractivity contribution in [3.8, 4) is 0 Å². The molecule has 3 rings (SSSR count). The zero-order chi connectivity index (χ0) is 28.5. The number of hydrogen-bond donors (Lipinski definition) is 2. The SMILES string of the molecule is CCOC(C)C(NC(=O)C(C)NC)C(=O)N1CCCC1CN(CCc1ccc(F)cc1)C(=O)c1cn(C)cn1. The van der Waals surface area contributed by atoms with Gasteiger partial charge in [-0.25, -0.2) is 9.37 Å². The predicted octanol–water partition coefficient (Wildman–Crippen LogP) is 1.75. The van der Waals surface area contributed by atoms with Crippen LogP contribution >= 0.6 is 0 Å². The number of rotatable bonds is 13. The first-order valence-corrected chi connectivity index (χ1v) is 13.6. The highest BCUT2D eigenvalue weighted by atomic mass is 19.1. The largest absolute Gasteiger partial charge is 0.376 e. The third-order valence-corrected chi connectivity index (χ3v) is 7.18. The second kappa shape index (κ2) is 14.2. The van der Waals surface area contributed by atoms with E-state index in [4.69, 9.17) is 4.74 Å². The number of amides is 3. The van der Waals surface area contributed by atoms with Crippen LogP contribution in [-0.4, -0.2) is 94.6 Å². The number of carbonyl (C=O) groups is 3. The minimum atomic E-state index is -0.854. The Kier molecular flexibility index (Phi) is 11.0. The Balaban J connectivity index is 1.80. The predicted molar refractivity (Wildman–Crippen MR) is 145 cm³/mol. The summed E-state index contributed by atoms with van der Waals surface area (Å²) in [5.74, 6) is -1.05. The molecule has 2 aromatic rings. The molecule has 4 atom stereocenters. The lowest BCUT2D eigenvalue weighted by Crippen LogP contribution is -2.58. The van der Waals surface area contributed by atoms with Gasteiger partial charge in [0.1, 0.15) is 17.6 Å². The minimum Gasteiger partial charge on any atom is -0.376 e. The summed E-state index contributed by atoms with van der Waals surface area (Å²) in [4.78, 5) is 47.7. The fraction of sp³-hybridized carbons (Fsp3) is 0.571. The monoisotopic (exact) mass is 544 g/mol. The summed E-state index contributed by atoms with van der Waals surface area (Å²) in [5.41, 5.74) is 1.23. The summed E-state index contributed by atoms with van der Waals surface area (Å²) in [5, 5.41) is 5.76. The van der Waals surface area contributed by atoms with Gasteiger partial charge >= 0.3 is 0 Å². The van der Waals surface area contributed by atoms with Crippen LogP contribution in [0.4, 0.5) is 4.39 Å². The van der Waals surface area contributed by atoms with Crippen LogP contribution in [0.1, 0.15) is 49.7 Å². The lowest BCUT2D eigenvalue weighted by molar-refractivity contribution is -0.141. The number of benzene rings is 1. The Bertz CT molecular complexity index is 1110. The van der Waals surface area contributed by atoms with Crippen LogP contribution in [0.3, 0.4) is 0 Å². The first-order valence-electron chi connectivity index (χ1n) is 13.6. The first-order chi connectivity index (χ1) is 18.6. The Labute approximate surface area is 229 Å². The van der Waals surface area contributed by atoms with Crippen molar-refractivity contribution in [2.24, 2.45) is 7.05 Å². The summed E-state index contributed by atoms with van der Waals surface area (Å²) in [6.45, 7) is 6.98. The van der Waals surface area contributed by atoms with Gasteiger partial charge in [0.05, 0.1) is 18.5 Å². The van der Waals surface area contributed by atoms with Gasteiger partial charge < -0.3 is 29.7 Å². The van der Waals surface area contributed by atoms with E-state index in [-0.39, 0.29) is 29.6 Å². The van der Waals surface area contributed by atoms with Crippen molar-refractivity contribution in [3.63, 3.8) is 0 Å². The number of carbonyl (C=O) groups excluding carboxylic acids is 3. The molecule has 11 heteroatoms. The lowest BCUT2D eigenvalue weighted by Gasteiger charge is -2.34. The number of likely N-dealkylation sites (tertiary alicyclic amines) is 1. The molecule has 0 radical (unpaired) electrons. The normalized spacial score (nSPS) is 17.5. The van der Waals surface area contributed by atoms with Crippen molar-refractivity contribution in [2.45, 2.75) is 64.3 Å². The highest BCUT2D eigenvalue weighted by molar-refractivity contribution is 5.92. The van der Waals surface area contributed by atoms with Crippen LogP contribution in [0.25, 0.3) is 0 Å². The van der Waals surface area contributed by atoms with Crippen LogP contribution in [0, 0.1) is 5.82 Å². The summed E-state index contributed by atoms with van der Waals surface area (Å²) < 4.78 is 20.8.